The maximum Gasteiger partial charge on any atom is 0.257 e. The minimum absolute atomic E-state index is 0.0988. The van der Waals surface area contributed by atoms with Crippen LogP contribution in [0.5, 0.6) is 0 Å². The molecular formula is C18H28N4O. The lowest BCUT2D eigenvalue weighted by atomic mass is 10.0. The largest absolute Gasteiger partial charge is 0.337 e. The second-order valence-electron chi connectivity index (χ2n) is 7.17. The van der Waals surface area contributed by atoms with Crippen molar-refractivity contribution >= 4 is 5.91 Å². The summed E-state index contributed by atoms with van der Waals surface area (Å²) < 4.78 is 0. The number of aryl methyl sites for hydroxylation is 1. The van der Waals surface area contributed by atoms with Crippen LogP contribution in [0.3, 0.4) is 0 Å². The lowest BCUT2D eigenvalue weighted by molar-refractivity contribution is 0.0606. The van der Waals surface area contributed by atoms with Crippen molar-refractivity contribution < 1.29 is 4.79 Å². The van der Waals surface area contributed by atoms with Crippen molar-refractivity contribution in [2.45, 2.75) is 58.4 Å². The van der Waals surface area contributed by atoms with E-state index in [2.05, 4.69) is 28.7 Å². The third kappa shape index (κ3) is 3.55. The predicted octanol–water partition coefficient (Wildman–Crippen LogP) is 2.61. The number of carbonyl (C=O) groups excluding carboxylic acids is 1. The standard InChI is InChI=1S/C18H28N4O/c1-13(2)17-19-11-16(14(3)20-17)18(23)22-10-6-7-15(12-22)21-8-4-5-9-21/h11,13,15H,4-10,12H2,1-3H3/t15-/m0/s1. The van der Waals surface area contributed by atoms with Gasteiger partial charge < -0.3 is 4.90 Å². The molecule has 0 aliphatic carbocycles. The molecule has 2 fully saturated rings. The predicted molar refractivity (Wildman–Crippen MR) is 90.6 cm³/mol. The molecule has 0 unspecified atom stereocenters. The number of likely N-dealkylation sites (tertiary alicyclic amines) is 2. The van der Waals surface area contributed by atoms with Crippen LogP contribution in [0.1, 0.15) is 67.3 Å². The summed E-state index contributed by atoms with van der Waals surface area (Å²) in [5.74, 6) is 1.20. The molecule has 126 valence electrons. The number of nitrogens with zero attached hydrogens (tertiary/aromatic N) is 4. The first-order valence-electron chi connectivity index (χ1n) is 8.93. The molecule has 1 aromatic heterocycles. The van der Waals surface area contributed by atoms with E-state index in [-0.39, 0.29) is 11.8 Å². The van der Waals surface area contributed by atoms with Gasteiger partial charge in [-0.15, -0.1) is 0 Å². The zero-order valence-corrected chi connectivity index (χ0v) is 14.6. The fourth-order valence-corrected chi connectivity index (χ4v) is 3.69. The van der Waals surface area contributed by atoms with Gasteiger partial charge >= 0.3 is 0 Å². The second kappa shape index (κ2) is 6.95. The van der Waals surface area contributed by atoms with Crippen LogP contribution in [0.4, 0.5) is 0 Å². The van der Waals surface area contributed by atoms with Gasteiger partial charge in [-0.05, 0) is 45.7 Å². The van der Waals surface area contributed by atoms with Crippen LogP contribution in [0.2, 0.25) is 0 Å². The number of aromatic nitrogens is 2. The average molecular weight is 316 g/mol. The molecule has 2 aliphatic heterocycles. The zero-order chi connectivity index (χ0) is 16.4. The Balaban J connectivity index is 1.72. The van der Waals surface area contributed by atoms with Crippen LogP contribution in [0.15, 0.2) is 6.20 Å². The molecule has 1 atom stereocenters. The van der Waals surface area contributed by atoms with Gasteiger partial charge in [0, 0.05) is 31.2 Å². The molecule has 23 heavy (non-hydrogen) atoms. The topological polar surface area (TPSA) is 49.3 Å². The molecule has 5 nitrogen and oxygen atoms in total. The van der Waals surface area contributed by atoms with E-state index in [1.165, 1.54) is 32.4 Å². The van der Waals surface area contributed by atoms with E-state index in [1.807, 2.05) is 11.8 Å². The van der Waals surface area contributed by atoms with Crippen molar-refractivity contribution in [1.82, 2.24) is 19.8 Å². The Morgan fingerprint density at radius 3 is 2.61 bits per heavy atom. The number of hydrogen-bond donors (Lipinski definition) is 0. The molecule has 2 saturated heterocycles. The van der Waals surface area contributed by atoms with Gasteiger partial charge in [-0.3, -0.25) is 9.69 Å². The van der Waals surface area contributed by atoms with Gasteiger partial charge in [-0.1, -0.05) is 13.8 Å². The van der Waals surface area contributed by atoms with Crippen LogP contribution in [0, 0.1) is 6.92 Å². The summed E-state index contributed by atoms with van der Waals surface area (Å²) in [6.45, 7) is 10.2. The molecule has 0 bridgehead atoms. The van der Waals surface area contributed by atoms with Crippen molar-refractivity contribution in [2.75, 3.05) is 26.2 Å². The highest BCUT2D eigenvalue weighted by molar-refractivity contribution is 5.95. The van der Waals surface area contributed by atoms with Gasteiger partial charge in [0.25, 0.3) is 5.91 Å². The summed E-state index contributed by atoms with van der Waals surface area (Å²) in [5.41, 5.74) is 1.47. The summed E-state index contributed by atoms with van der Waals surface area (Å²) in [5, 5.41) is 0. The number of piperidine rings is 1. The van der Waals surface area contributed by atoms with Gasteiger partial charge in [-0.2, -0.15) is 0 Å². The van der Waals surface area contributed by atoms with Crippen LogP contribution in [-0.2, 0) is 0 Å². The Kier molecular flexibility index (Phi) is 4.95. The van der Waals surface area contributed by atoms with E-state index >= 15 is 0 Å². The Morgan fingerprint density at radius 1 is 1.22 bits per heavy atom. The van der Waals surface area contributed by atoms with E-state index in [4.69, 9.17) is 0 Å². The number of carbonyl (C=O) groups is 1. The van der Waals surface area contributed by atoms with Crippen LogP contribution < -0.4 is 0 Å². The zero-order valence-electron chi connectivity index (χ0n) is 14.6. The van der Waals surface area contributed by atoms with E-state index in [0.717, 1.165) is 31.0 Å². The molecular weight excluding hydrogens is 288 g/mol. The molecule has 3 heterocycles. The van der Waals surface area contributed by atoms with Gasteiger partial charge in [-0.25, -0.2) is 9.97 Å². The lowest BCUT2D eigenvalue weighted by Crippen LogP contribution is -2.49. The number of hydrogen-bond acceptors (Lipinski definition) is 4. The highest BCUT2D eigenvalue weighted by Crippen LogP contribution is 2.22. The monoisotopic (exact) mass is 316 g/mol. The van der Waals surface area contributed by atoms with E-state index < -0.39 is 0 Å². The smallest absolute Gasteiger partial charge is 0.257 e. The van der Waals surface area contributed by atoms with Crippen molar-refractivity contribution in [2.24, 2.45) is 0 Å². The third-order valence-corrected chi connectivity index (χ3v) is 5.09. The highest BCUT2D eigenvalue weighted by atomic mass is 16.2. The number of amides is 1. The van der Waals surface area contributed by atoms with Crippen LogP contribution in [-0.4, -0.2) is 57.9 Å². The Bertz CT molecular complexity index is 566. The lowest BCUT2D eigenvalue weighted by Gasteiger charge is -2.37. The average Bonchev–Trinajstić information content (AvgIpc) is 3.08. The first-order chi connectivity index (χ1) is 11.1. The molecule has 0 spiro atoms. The quantitative estimate of drug-likeness (QED) is 0.860. The van der Waals surface area contributed by atoms with Crippen LogP contribution in [0.25, 0.3) is 0 Å². The van der Waals surface area contributed by atoms with Crippen molar-refractivity contribution in [3.8, 4) is 0 Å². The highest BCUT2D eigenvalue weighted by Gasteiger charge is 2.30. The first-order valence-corrected chi connectivity index (χ1v) is 8.93. The minimum Gasteiger partial charge on any atom is -0.337 e. The molecule has 2 aliphatic rings. The molecule has 1 amide bonds. The van der Waals surface area contributed by atoms with E-state index in [0.29, 0.717) is 11.6 Å². The maximum atomic E-state index is 12.9. The molecule has 0 aromatic carbocycles. The molecule has 5 heteroatoms. The first kappa shape index (κ1) is 16.4. The summed E-state index contributed by atoms with van der Waals surface area (Å²) in [7, 11) is 0. The molecule has 3 rings (SSSR count). The minimum atomic E-state index is 0.0988. The van der Waals surface area contributed by atoms with E-state index in [9.17, 15) is 4.79 Å². The van der Waals surface area contributed by atoms with Crippen molar-refractivity contribution in [1.29, 1.82) is 0 Å². The number of rotatable bonds is 3. The normalized spacial score (nSPS) is 22.8. The summed E-state index contributed by atoms with van der Waals surface area (Å²) in [6.07, 6.45) is 6.63. The Hall–Kier alpha value is -1.49. The Labute approximate surface area is 139 Å². The maximum absolute atomic E-state index is 12.9. The fourth-order valence-electron chi connectivity index (χ4n) is 3.69. The summed E-state index contributed by atoms with van der Waals surface area (Å²) in [4.78, 5) is 26.4. The van der Waals surface area contributed by atoms with Crippen molar-refractivity contribution in [3.05, 3.63) is 23.3 Å². The van der Waals surface area contributed by atoms with Gasteiger partial charge in [0.05, 0.1) is 11.3 Å². The van der Waals surface area contributed by atoms with Gasteiger partial charge in [0.2, 0.25) is 0 Å². The molecule has 0 radical (unpaired) electrons. The van der Waals surface area contributed by atoms with Crippen LogP contribution >= 0.6 is 0 Å². The van der Waals surface area contributed by atoms with E-state index in [1.54, 1.807) is 6.20 Å². The van der Waals surface area contributed by atoms with Crippen molar-refractivity contribution in [3.63, 3.8) is 0 Å². The molecule has 0 saturated carbocycles. The second-order valence-corrected chi connectivity index (χ2v) is 7.17. The third-order valence-electron chi connectivity index (χ3n) is 5.09. The SMILES string of the molecule is Cc1nc(C(C)C)ncc1C(=O)N1CCC[C@H](N2CCCC2)C1. The van der Waals surface area contributed by atoms with Gasteiger partial charge in [0.15, 0.2) is 0 Å². The Morgan fingerprint density at radius 2 is 1.96 bits per heavy atom. The summed E-state index contributed by atoms with van der Waals surface area (Å²) >= 11 is 0. The van der Waals surface area contributed by atoms with Gasteiger partial charge in [0.1, 0.15) is 5.82 Å². The fraction of sp³-hybridized carbons (Fsp3) is 0.722. The molecule has 1 aromatic rings. The summed E-state index contributed by atoms with van der Waals surface area (Å²) in [6, 6.07) is 0.534. The molecule has 0 N–H and O–H groups in total.